The molecule has 0 atom stereocenters. The Bertz CT molecular complexity index is 1580. The fourth-order valence-electron chi connectivity index (χ4n) is 4.11. The quantitative estimate of drug-likeness (QED) is 0.250. The number of anilines is 2. The summed E-state index contributed by atoms with van der Waals surface area (Å²) in [7, 11) is -5.02. The Morgan fingerprint density at radius 1 is 0.974 bits per heavy atom. The van der Waals surface area contributed by atoms with E-state index in [0.717, 1.165) is 34.0 Å². The van der Waals surface area contributed by atoms with Gasteiger partial charge in [-0.05, 0) is 87.6 Å². The van der Waals surface area contributed by atoms with Gasteiger partial charge >= 0.3 is 7.60 Å². The summed E-state index contributed by atoms with van der Waals surface area (Å²) < 4.78 is 41.7. The second-order valence-electron chi connectivity index (χ2n) is 9.42. The van der Waals surface area contributed by atoms with Crippen LogP contribution in [0.3, 0.4) is 0 Å². The molecule has 0 aliphatic rings. The van der Waals surface area contributed by atoms with E-state index in [0.29, 0.717) is 17.0 Å². The predicted octanol–water partition coefficient (Wildman–Crippen LogP) is 3.34. The molecule has 0 saturated heterocycles. The summed E-state index contributed by atoms with van der Waals surface area (Å²) in [6.45, 7) is 5.12. The fourth-order valence-corrected chi connectivity index (χ4v) is 6.99. The smallest absolute Gasteiger partial charge is 0.345 e. The highest BCUT2D eigenvalue weighted by molar-refractivity contribution is 7.93. The molecule has 0 aliphatic heterocycles. The van der Waals surface area contributed by atoms with Crippen LogP contribution in [0.2, 0.25) is 0 Å². The molecule has 0 aliphatic carbocycles. The van der Waals surface area contributed by atoms with Crippen molar-refractivity contribution in [3.63, 3.8) is 0 Å². The van der Waals surface area contributed by atoms with E-state index in [9.17, 15) is 22.8 Å². The molecule has 3 N–H and O–H groups in total. The van der Waals surface area contributed by atoms with Crippen LogP contribution in [0, 0.1) is 13.8 Å². The zero-order chi connectivity index (χ0) is 27.7. The molecule has 0 bridgehead atoms. The number of benzene rings is 2. The third kappa shape index (κ3) is 6.40. The van der Waals surface area contributed by atoms with Crippen LogP contribution in [0.15, 0.2) is 65.7 Å². The van der Waals surface area contributed by atoms with E-state index in [4.69, 9.17) is 0 Å². The highest BCUT2D eigenvalue weighted by Gasteiger charge is 2.31. The molecule has 38 heavy (non-hydrogen) atoms. The molecule has 202 valence electrons. The van der Waals surface area contributed by atoms with Gasteiger partial charge in [0.25, 0.3) is 10.0 Å². The van der Waals surface area contributed by atoms with Crippen LogP contribution in [-0.4, -0.2) is 71.3 Å². The lowest BCUT2D eigenvalue weighted by Gasteiger charge is -2.25. The van der Waals surface area contributed by atoms with Gasteiger partial charge in [-0.3, -0.25) is 13.4 Å². The van der Waals surface area contributed by atoms with Gasteiger partial charge < -0.3 is 20.0 Å². The Balaban J connectivity index is 1.68. The van der Waals surface area contributed by atoms with Crippen molar-refractivity contribution >= 4 is 40.0 Å². The number of fused-ring (bicyclic) bond motifs is 1. The third-order valence-electron chi connectivity index (χ3n) is 5.82. The number of aryl methyl sites for hydroxylation is 2. The van der Waals surface area contributed by atoms with Gasteiger partial charge in [0, 0.05) is 24.7 Å². The van der Waals surface area contributed by atoms with Crippen molar-refractivity contribution in [3.8, 4) is 5.82 Å². The topological polar surface area (TPSA) is 141 Å². The van der Waals surface area contributed by atoms with Crippen molar-refractivity contribution in [2.45, 2.75) is 18.7 Å². The normalized spacial score (nSPS) is 12.3. The molecule has 0 spiro atoms. The second kappa shape index (κ2) is 10.8. The number of nitrogens with one attached hydrogen (secondary N) is 1. The monoisotopic (exact) mass is 558 g/mol. The van der Waals surface area contributed by atoms with Crippen LogP contribution in [0.25, 0.3) is 16.7 Å². The molecule has 4 aromatic rings. The largest absolute Gasteiger partial charge is 0.367 e. The van der Waals surface area contributed by atoms with Gasteiger partial charge in [0.2, 0.25) is 0 Å². The molecular weight excluding hydrogens is 527 g/mol. The summed E-state index contributed by atoms with van der Waals surface area (Å²) in [5, 5.41) is 12.4. The summed E-state index contributed by atoms with van der Waals surface area (Å²) in [4.78, 5) is 21.5. The summed E-state index contributed by atoms with van der Waals surface area (Å²) >= 11 is 0. The van der Waals surface area contributed by atoms with E-state index in [1.807, 2.05) is 32.3 Å². The number of sulfonamides is 1. The standard InChI is InChI=1S/C25H31N6O5PS/c1-18-13-19(2)15-22(14-18)38(35,36)31(17-37(32,33)34)21-5-6-23-20(16-21)9-11-30(23)25-8-7-24(27-28-25)26-10-12-29(3)4/h5-9,11,13-16H,10,12,17H2,1-4H3,(H,26,27)(H2,32,33,34). The maximum atomic E-state index is 13.6. The van der Waals surface area contributed by atoms with E-state index >= 15 is 0 Å². The lowest BCUT2D eigenvalue weighted by atomic mass is 10.2. The molecule has 2 heterocycles. The lowest BCUT2D eigenvalue weighted by Crippen LogP contribution is -2.32. The minimum Gasteiger partial charge on any atom is -0.367 e. The maximum Gasteiger partial charge on any atom is 0.345 e. The molecule has 13 heteroatoms. The maximum absolute atomic E-state index is 13.6. The molecule has 2 aromatic heterocycles. The van der Waals surface area contributed by atoms with Gasteiger partial charge in [-0.15, -0.1) is 10.2 Å². The van der Waals surface area contributed by atoms with Crippen LogP contribution in [0.5, 0.6) is 0 Å². The average molecular weight is 559 g/mol. The number of aromatic nitrogens is 3. The second-order valence-corrected chi connectivity index (χ2v) is 12.9. The molecule has 2 aromatic carbocycles. The van der Waals surface area contributed by atoms with E-state index in [1.165, 1.54) is 18.2 Å². The number of hydrogen-bond donors (Lipinski definition) is 3. The van der Waals surface area contributed by atoms with Crippen LogP contribution < -0.4 is 9.62 Å². The van der Waals surface area contributed by atoms with Crippen molar-refractivity contribution in [3.05, 3.63) is 71.9 Å². The molecule has 11 nitrogen and oxygen atoms in total. The Labute approximate surface area is 221 Å². The van der Waals surface area contributed by atoms with Crippen molar-refractivity contribution in [1.29, 1.82) is 0 Å². The minimum absolute atomic E-state index is 0.0318. The van der Waals surface area contributed by atoms with Gasteiger partial charge in [0.1, 0.15) is 12.1 Å². The summed E-state index contributed by atoms with van der Waals surface area (Å²) in [6.07, 6.45) is 0.797. The molecular formula is C25H31N6O5PS. The van der Waals surface area contributed by atoms with E-state index < -0.39 is 23.9 Å². The van der Waals surface area contributed by atoms with Gasteiger partial charge in [0.15, 0.2) is 5.82 Å². The Kier molecular flexibility index (Phi) is 7.91. The summed E-state index contributed by atoms with van der Waals surface area (Å²) in [6, 6.07) is 15.0. The molecule has 0 unspecified atom stereocenters. The average Bonchev–Trinajstić information content (AvgIpc) is 3.25. The van der Waals surface area contributed by atoms with E-state index in [2.05, 4.69) is 20.4 Å². The molecule has 0 radical (unpaired) electrons. The SMILES string of the molecule is Cc1cc(C)cc(S(=O)(=O)N(CP(=O)(O)O)c2ccc3c(ccn3-c3ccc(NCCN(C)C)nn3)c2)c1. The fraction of sp³-hybridized carbons (Fsp3) is 0.280. The van der Waals surface area contributed by atoms with Crippen molar-refractivity contribution in [2.75, 3.05) is 43.1 Å². The highest BCUT2D eigenvalue weighted by atomic mass is 32.2. The third-order valence-corrected chi connectivity index (χ3v) is 8.41. The first-order valence-electron chi connectivity index (χ1n) is 11.8. The molecule has 0 saturated carbocycles. The first-order valence-corrected chi connectivity index (χ1v) is 15.1. The van der Waals surface area contributed by atoms with Crippen molar-refractivity contribution in [1.82, 2.24) is 19.7 Å². The number of hydrogen-bond acceptors (Lipinski definition) is 7. The first-order chi connectivity index (χ1) is 17.8. The Morgan fingerprint density at radius 2 is 1.68 bits per heavy atom. The Hall–Kier alpha value is -3.28. The van der Waals surface area contributed by atoms with E-state index in [-0.39, 0.29) is 10.6 Å². The van der Waals surface area contributed by atoms with E-state index in [1.54, 1.807) is 42.8 Å². The molecule has 0 fully saturated rings. The van der Waals surface area contributed by atoms with Gasteiger partial charge in [-0.1, -0.05) is 6.07 Å². The Morgan fingerprint density at radius 3 is 2.29 bits per heavy atom. The van der Waals surface area contributed by atoms with Crippen molar-refractivity contribution in [2.24, 2.45) is 0 Å². The van der Waals surface area contributed by atoms with Crippen LogP contribution in [0.1, 0.15) is 11.1 Å². The molecule has 4 rings (SSSR count). The molecule has 0 amide bonds. The van der Waals surface area contributed by atoms with Crippen LogP contribution in [0.4, 0.5) is 11.5 Å². The first kappa shape index (κ1) is 27.7. The van der Waals surface area contributed by atoms with Gasteiger partial charge in [-0.2, -0.15) is 0 Å². The van der Waals surface area contributed by atoms with Gasteiger partial charge in [0.05, 0.1) is 16.1 Å². The van der Waals surface area contributed by atoms with Crippen LogP contribution in [-0.2, 0) is 14.6 Å². The summed E-state index contributed by atoms with van der Waals surface area (Å²) in [5.41, 5.74) is 2.33. The number of nitrogens with zero attached hydrogens (tertiary/aromatic N) is 5. The lowest BCUT2D eigenvalue weighted by molar-refractivity contribution is 0.373. The van der Waals surface area contributed by atoms with Crippen LogP contribution >= 0.6 is 7.60 Å². The van der Waals surface area contributed by atoms with Gasteiger partial charge in [-0.25, -0.2) is 8.42 Å². The summed E-state index contributed by atoms with van der Waals surface area (Å²) in [5.74, 6) is 1.22. The number of rotatable bonds is 10. The number of likely N-dealkylation sites (N-methyl/N-ethyl adjacent to an activating group) is 1. The predicted molar refractivity (Wildman–Crippen MR) is 148 cm³/mol. The zero-order valence-corrected chi connectivity index (χ0v) is 23.3. The zero-order valence-electron chi connectivity index (χ0n) is 21.6. The highest BCUT2D eigenvalue weighted by Crippen LogP contribution is 2.40. The van der Waals surface area contributed by atoms with Crippen molar-refractivity contribution < 1.29 is 22.8 Å². The minimum atomic E-state index is -4.73.